The molecule has 1 unspecified atom stereocenters. The van der Waals surface area contributed by atoms with Gasteiger partial charge in [-0.3, -0.25) is 4.79 Å². The average Bonchev–Trinajstić information content (AvgIpc) is 2.36. The Balaban J connectivity index is 2.35. The molecule has 17 heavy (non-hydrogen) atoms. The number of likely N-dealkylation sites (tertiary alicyclic amines) is 1. The molecule has 1 rings (SSSR count). The molecule has 1 amide bonds. The molecule has 0 aromatic carbocycles. The van der Waals surface area contributed by atoms with Crippen LogP contribution in [0.2, 0.25) is 0 Å². The summed E-state index contributed by atoms with van der Waals surface area (Å²) in [5, 5.41) is 15.0. The topological polar surface area (TPSA) is 64.9 Å². The highest BCUT2D eigenvalue weighted by Gasteiger charge is 2.24. The van der Waals surface area contributed by atoms with E-state index >= 15 is 0 Å². The Bertz CT molecular complexity index is 279. The molecular formula is C12H23N3O2. The number of rotatable bonds is 5. The summed E-state index contributed by atoms with van der Waals surface area (Å²) in [5.74, 6) is 0.449. The number of nitrogens with zero attached hydrogens (tertiary/aromatic N) is 2. The summed E-state index contributed by atoms with van der Waals surface area (Å²) in [4.78, 5) is 13.6. The molecule has 0 aromatic heterocycles. The van der Waals surface area contributed by atoms with Crippen LogP contribution in [-0.2, 0) is 4.79 Å². The first kappa shape index (κ1) is 14.0. The highest BCUT2D eigenvalue weighted by atomic mass is 16.4. The van der Waals surface area contributed by atoms with Gasteiger partial charge in [0.1, 0.15) is 0 Å². The van der Waals surface area contributed by atoms with E-state index in [0.717, 1.165) is 38.2 Å². The summed E-state index contributed by atoms with van der Waals surface area (Å²) in [7, 11) is 0. The van der Waals surface area contributed by atoms with Crippen molar-refractivity contribution in [1.29, 1.82) is 0 Å². The lowest BCUT2D eigenvalue weighted by Crippen LogP contribution is -2.42. The molecule has 1 heterocycles. The number of piperidine rings is 1. The number of hydrogen-bond donors (Lipinski definition) is 2. The van der Waals surface area contributed by atoms with Gasteiger partial charge in [0.15, 0.2) is 0 Å². The molecule has 0 bridgehead atoms. The molecule has 0 spiro atoms. The van der Waals surface area contributed by atoms with Crippen molar-refractivity contribution in [1.82, 2.24) is 10.2 Å². The van der Waals surface area contributed by atoms with Crippen molar-refractivity contribution >= 4 is 11.6 Å². The Labute approximate surface area is 103 Å². The van der Waals surface area contributed by atoms with Crippen LogP contribution in [0, 0.1) is 5.92 Å². The van der Waals surface area contributed by atoms with E-state index in [-0.39, 0.29) is 5.91 Å². The molecule has 0 aromatic rings. The first-order valence-electron chi connectivity index (χ1n) is 6.41. The quantitative estimate of drug-likeness (QED) is 0.559. The molecule has 0 saturated carbocycles. The Morgan fingerprint density at radius 1 is 1.59 bits per heavy atom. The van der Waals surface area contributed by atoms with Gasteiger partial charge in [-0.15, -0.1) is 0 Å². The number of oxime groups is 1. The van der Waals surface area contributed by atoms with Crippen LogP contribution < -0.4 is 5.32 Å². The molecule has 0 aliphatic carbocycles. The molecule has 98 valence electrons. The Morgan fingerprint density at radius 3 is 2.94 bits per heavy atom. The van der Waals surface area contributed by atoms with Crippen LogP contribution in [0.25, 0.3) is 0 Å². The van der Waals surface area contributed by atoms with Crippen LogP contribution in [-0.4, -0.2) is 47.9 Å². The monoisotopic (exact) mass is 241 g/mol. The standard InChI is InChI=1S/C12H23N3O2/c1-3-10-9-15(7-5-11(10)14-17)8-6-12(16)13-4-2/h10,17H,3-9H2,1-2H3,(H,13,16). The fourth-order valence-electron chi connectivity index (χ4n) is 2.23. The van der Waals surface area contributed by atoms with E-state index in [9.17, 15) is 4.79 Å². The van der Waals surface area contributed by atoms with Gasteiger partial charge in [-0.1, -0.05) is 12.1 Å². The molecule has 1 saturated heterocycles. The predicted molar refractivity (Wildman–Crippen MR) is 67.4 cm³/mol. The summed E-state index contributed by atoms with van der Waals surface area (Å²) in [6.45, 7) is 7.29. The van der Waals surface area contributed by atoms with Gasteiger partial charge < -0.3 is 15.4 Å². The van der Waals surface area contributed by atoms with Crippen LogP contribution in [0.1, 0.15) is 33.1 Å². The molecule has 1 fully saturated rings. The van der Waals surface area contributed by atoms with Gasteiger partial charge >= 0.3 is 0 Å². The number of carbonyl (C=O) groups excluding carboxylic acids is 1. The minimum atomic E-state index is 0.113. The van der Waals surface area contributed by atoms with Crippen LogP contribution >= 0.6 is 0 Å². The number of amides is 1. The first-order chi connectivity index (χ1) is 8.21. The van der Waals surface area contributed by atoms with Gasteiger partial charge in [-0.2, -0.15) is 0 Å². The lowest BCUT2D eigenvalue weighted by atomic mass is 9.93. The molecule has 5 heteroatoms. The summed E-state index contributed by atoms with van der Waals surface area (Å²) in [6, 6.07) is 0. The second-order valence-corrected chi connectivity index (χ2v) is 4.45. The van der Waals surface area contributed by atoms with E-state index in [4.69, 9.17) is 5.21 Å². The third-order valence-corrected chi connectivity index (χ3v) is 3.28. The fourth-order valence-corrected chi connectivity index (χ4v) is 2.23. The molecule has 5 nitrogen and oxygen atoms in total. The van der Waals surface area contributed by atoms with Gasteiger partial charge in [-0.25, -0.2) is 0 Å². The van der Waals surface area contributed by atoms with Gasteiger partial charge in [0.25, 0.3) is 0 Å². The zero-order chi connectivity index (χ0) is 12.7. The summed E-state index contributed by atoms with van der Waals surface area (Å²) in [5.41, 5.74) is 0.904. The number of carbonyl (C=O) groups is 1. The molecular weight excluding hydrogens is 218 g/mol. The SMILES string of the molecule is CCNC(=O)CCN1CCC(=NO)C(CC)C1. The minimum absolute atomic E-state index is 0.113. The lowest BCUT2D eigenvalue weighted by Gasteiger charge is -2.32. The second-order valence-electron chi connectivity index (χ2n) is 4.45. The minimum Gasteiger partial charge on any atom is -0.411 e. The van der Waals surface area contributed by atoms with E-state index in [2.05, 4.69) is 22.3 Å². The zero-order valence-corrected chi connectivity index (χ0v) is 10.8. The van der Waals surface area contributed by atoms with Crippen molar-refractivity contribution in [3.8, 4) is 0 Å². The Kier molecular flexibility index (Phi) is 5.97. The Morgan fingerprint density at radius 2 is 2.35 bits per heavy atom. The van der Waals surface area contributed by atoms with Crippen molar-refractivity contribution in [2.45, 2.75) is 33.1 Å². The number of hydrogen-bond acceptors (Lipinski definition) is 4. The lowest BCUT2D eigenvalue weighted by molar-refractivity contribution is -0.121. The maximum Gasteiger partial charge on any atom is 0.221 e. The molecule has 2 N–H and O–H groups in total. The first-order valence-corrected chi connectivity index (χ1v) is 6.41. The molecule has 1 aliphatic heterocycles. The van der Waals surface area contributed by atoms with Crippen LogP contribution in [0.3, 0.4) is 0 Å². The normalized spacial score (nSPS) is 23.9. The van der Waals surface area contributed by atoms with Gasteiger partial charge in [0.05, 0.1) is 5.71 Å². The second kappa shape index (κ2) is 7.27. The Hall–Kier alpha value is -1.10. The van der Waals surface area contributed by atoms with Crippen molar-refractivity contribution in [2.24, 2.45) is 11.1 Å². The van der Waals surface area contributed by atoms with Crippen LogP contribution in [0.5, 0.6) is 0 Å². The van der Waals surface area contributed by atoms with E-state index in [1.54, 1.807) is 0 Å². The van der Waals surface area contributed by atoms with Crippen LogP contribution in [0.4, 0.5) is 0 Å². The van der Waals surface area contributed by atoms with E-state index in [1.807, 2.05) is 6.92 Å². The third kappa shape index (κ3) is 4.34. The van der Waals surface area contributed by atoms with Gasteiger partial charge in [0, 0.05) is 44.9 Å². The van der Waals surface area contributed by atoms with Crippen LogP contribution in [0.15, 0.2) is 5.16 Å². The van der Waals surface area contributed by atoms with Crippen molar-refractivity contribution in [3.05, 3.63) is 0 Å². The van der Waals surface area contributed by atoms with E-state index in [0.29, 0.717) is 18.9 Å². The van der Waals surface area contributed by atoms with E-state index < -0.39 is 0 Å². The maximum atomic E-state index is 11.4. The number of nitrogens with one attached hydrogen (secondary N) is 1. The largest absolute Gasteiger partial charge is 0.411 e. The van der Waals surface area contributed by atoms with Crippen molar-refractivity contribution in [2.75, 3.05) is 26.2 Å². The summed E-state index contributed by atoms with van der Waals surface area (Å²) >= 11 is 0. The highest BCUT2D eigenvalue weighted by molar-refractivity contribution is 5.87. The molecule has 0 radical (unpaired) electrons. The summed E-state index contributed by atoms with van der Waals surface area (Å²) in [6.07, 6.45) is 2.34. The maximum absolute atomic E-state index is 11.4. The molecule has 1 aliphatic rings. The zero-order valence-electron chi connectivity index (χ0n) is 10.8. The average molecular weight is 241 g/mol. The predicted octanol–water partition coefficient (Wildman–Crippen LogP) is 1.07. The molecule has 1 atom stereocenters. The summed E-state index contributed by atoms with van der Waals surface area (Å²) < 4.78 is 0. The van der Waals surface area contributed by atoms with Gasteiger partial charge in [0.2, 0.25) is 5.91 Å². The smallest absolute Gasteiger partial charge is 0.221 e. The van der Waals surface area contributed by atoms with Crippen molar-refractivity contribution in [3.63, 3.8) is 0 Å². The van der Waals surface area contributed by atoms with Gasteiger partial charge in [-0.05, 0) is 13.3 Å². The van der Waals surface area contributed by atoms with E-state index in [1.165, 1.54) is 0 Å². The highest BCUT2D eigenvalue weighted by Crippen LogP contribution is 2.17. The fraction of sp³-hybridized carbons (Fsp3) is 0.833. The third-order valence-electron chi connectivity index (χ3n) is 3.28. The van der Waals surface area contributed by atoms with Crippen molar-refractivity contribution < 1.29 is 10.0 Å².